The van der Waals surface area contributed by atoms with E-state index in [9.17, 15) is 0 Å². The molecule has 0 bridgehead atoms. The Labute approximate surface area is 101 Å². The molecule has 0 unspecified atom stereocenters. The van der Waals surface area contributed by atoms with Crippen LogP contribution in [0.15, 0.2) is 24.5 Å². The molecule has 0 aliphatic carbocycles. The van der Waals surface area contributed by atoms with Crippen LogP contribution in [0.2, 0.25) is 0 Å². The van der Waals surface area contributed by atoms with Gasteiger partial charge in [0.1, 0.15) is 5.82 Å². The third-order valence-corrected chi connectivity index (χ3v) is 2.66. The van der Waals surface area contributed by atoms with Gasteiger partial charge < -0.3 is 11.1 Å². The second-order valence-corrected chi connectivity index (χ2v) is 3.88. The zero-order chi connectivity index (χ0) is 12.3. The SMILES string of the molecule is CCn1nc(C)c(N)c1NCc1cccnc1. The van der Waals surface area contributed by atoms with Crippen molar-refractivity contribution in [2.75, 3.05) is 11.1 Å². The van der Waals surface area contributed by atoms with Crippen LogP contribution in [0.5, 0.6) is 0 Å². The average Bonchev–Trinajstić information content (AvgIpc) is 2.64. The molecule has 17 heavy (non-hydrogen) atoms. The Morgan fingerprint density at radius 3 is 2.94 bits per heavy atom. The summed E-state index contributed by atoms with van der Waals surface area (Å²) in [6, 6.07) is 3.94. The van der Waals surface area contributed by atoms with Crippen molar-refractivity contribution in [1.29, 1.82) is 0 Å². The number of pyridine rings is 1. The summed E-state index contributed by atoms with van der Waals surface area (Å²) in [5.74, 6) is 0.883. The maximum Gasteiger partial charge on any atom is 0.148 e. The Morgan fingerprint density at radius 1 is 1.47 bits per heavy atom. The summed E-state index contributed by atoms with van der Waals surface area (Å²) >= 11 is 0. The number of anilines is 2. The van der Waals surface area contributed by atoms with Crippen LogP contribution in [0.4, 0.5) is 11.5 Å². The summed E-state index contributed by atoms with van der Waals surface area (Å²) < 4.78 is 1.88. The fourth-order valence-electron chi connectivity index (χ4n) is 1.70. The molecule has 0 aliphatic rings. The van der Waals surface area contributed by atoms with E-state index in [0.29, 0.717) is 6.54 Å². The smallest absolute Gasteiger partial charge is 0.148 e. The maximum atomic E-state index is 5.98. The molecule has 3 N–H and O–H groups in total. The van der Waals surface area contributed by atoms with Crippen molar-refractivity contribution in [2.45, 2.75) is 26.9 Å². The Balaban J connectivity index is 2.14. The van der Waals surface area contributed by atoms with E-state index in [0.717, 1.165) is 29.3 Å². The molecule has 0 spiro atoms. The van der Waals surface area contributed by atoms with Crippen LogP contribution in [-0.2, 0) is 13.1 Å². The topological polar surface area (TPSA) is 68.8 Å². The molecule has 0 radical (unpaired) electrons. The number of aromatic nitrogens is 3. The van der Waals surface area contributed by atoms with E-state index in [1.807, 2.05) is 36.9 Å². The van der Waals surface area contributed by atoms with Gasteiger partial charge in [-0.3, -0.25) is 4.98 Å². The average molecular weight is 231 g/mol. The fourth-order valence-corrected chi connectivity index (χ4v) is 1.70. The molecule has 0 atom stereocenters. The number of nitrogens with one attached hydrogen (secondary N) is 1. The van der Waals surface area contributed by atoms with E-state index < -0.39 is 0 Å². The summed E-state index contributed by atoms with van der Waals surface area (Å²) in [4.78, 5) is 4.07. The first kappa shape index (κ1) is 11.4. The second kappa shape index (κ2) is 4.86. The number of nitrogen functional groups attached to an aromatic ring is 1. The van der Waals surface area contributed by atoms with Crippen LogP contribution >= 0.6 is 0 Å². The molecule has 90 valence electrons. The molecule has 2 heterocycles. The van der Waals surface area contributed by atoms with Gasteiger partial charge in [-0.1, -0.05) is 6.07 Å². The molecule has 0 fully saturated rings. The monoisotopic (exact) mass is 231 g/mol. The van der Waals surface area contributed by atoms with Gasteiger partial charge in [-0.25, -0.2) is 4.68 Å². The molecular weight excluding hydrogens is 214 g/mol. The lowest BCUT2D eigenvalue weighted by atomic mass is 10.3. The first-order valence-electron chi connectivity index (χ1n) is 5.68. The van der Waals surface area contributed by atoms with Crippen LogP contribution in [0.3, 0.4) is 0 Å². The Bertz CT molecular complexity index is 489. The molecule has 0 aromatic carbocycles. The first-order chi connectivity index (χ1) is 8.22. The Kier molecular flexibility index (Phi) is 3.27. The molecule has 0 saturated heterocycles. The molecule has 0 amide bonds. The van der Waals surface area contributed by atoms with E-state index in [2.05, 4.69) is 15.4 Å². The van der Waals surface area contributed by atoms with E-state index in [4.69, 9.17) is 5.73 Å². The summed E-state index contributed by atoms with van der Waals surface area (Å²) in [7, 11) is 0. The summed E-state index contributed by atoms with van der Waals surface area (Å²) in [5, 5.41) is 7.66. The zero-order valence-electron chi connectivity index (χ0n) is 10.1. The number of rotatable bonds is 4. The van der Waals surface area contributed by atoms with Crippen molar-refractivity contribution >= 4 is 11.5 Å². The van der Waals surface area contributed by atoms with Gasteiger partial charge in [0.15, 0.2) is 0 Å². The summed E-state index contributed by atoms with van der Waals surface area (Å²) in [6.07, 6.45) is 3.60. The lowest BCUT2D eigenvalue weighted by molar-refractivity contribution is 0.657. The van der Waals surface area contributed by atoms with E-state index in [-0.39, 0.29) is 0 Å². The van der Waals surface area contributed by atoms with Gasteiger partial charge in [0.25, 0.3) is 0 Å². The van der Waals surface area contributed by atoms with Crippen molar-refractivity contribution in [3.8, 4) is 0 Å². The van der Waals surface area contributed by atoms with Crippen LogP contribution < -0.4 is 11.1 Å². The van der Waals surface area contributed by atoms with Gasteiger partial charge >= 0.3 is 0 Å². The number of nitrogens with zero attached hydrogens (tertiary/aromatic N) is 3. The molecular formula is C12H17N5. The van der Waals surface area contributed by atoms with Crippen LogP contribution in [0, 0.1) is 6.92 Å². The van der Waals surface area contributed by atoms with E-state index in [1.54, 1.807) is 6.20 Å². The summed E-state index contributed by atoms with van der Waals surface area (Å²) in [6.45, 7) is 5.45. The quantitative estimate of drug-likeness (QED) is 0.842. The van der Waals surface area contributed by atoms with Crippen LogP contribution in [0.25, 0.3) is 0 Å². The van der Waals surface area contributed by atoms with Crippen molar-refractivity contribution in [1.82, 2.24) is 14.8 Å². The summed E-state index contributed by atoms with van der Waals surface area (Å²) in [5.41, 5.74) is 8.68. The Hall–Kier alpha value is -2.04. The molecule has 0 saturated carbocycles. The van der Waals surface area contributed by atoms with Gasteiger partial charge in [-0.15, -0.1) is 0 Å². The fraction of sp³-hybridized carbons (Fsp3) is 0.333. The highest BCUT2D eigenvalue weighted by Crippen LogP contribution is 2.22. The number of aryl methyl sites for hydroxylation is 2. The van der Waals surface area contributed by atoms with E-state index >= 15 is 0 Å². The normalized spacial score (nSPS) is 10.5. The highest BCUT2D eigenvalue weighted by Gasteiger charge is 2.10. The highest BCUT2D eigenvalue weighted by atomic mass is 15.3. The van der Waals surface area contributed by atoms with Gasteiger partial charge in [-0.05, 0) is 25.5 Å². The third kappa shape index (κ3) is 2.38. The predicted octanol–water partition coefficient (Wildman–Crippen LogP) is 1.80. The first-order valence-corrected chi connectivity index (χ1v) is 5.68. The minimum atomic E-state index is 0.698. The molecule has 2 aromatic heterocycles. The minimum Gasteiger partial charge on any atom is -0.394 e. The number of hydrogen-bond donors (Lipinski definition) is 2. The number of hydrogen-bond acceptors (Lipinski definition) is 4. The third-order valence-electron chi connectivity index (χ3n) is 2.66. The van der Waals surface area contributed by atoms with Crippen molar-refractivity contribution in [2.24, 2.45) is 0 Å². The standard InChI is InChI=1S/C12H17N5/c1-3-17-12(11(13)9(2)16-17)15-8-10-5-4-6-14-7-10/h4-7,15H,3,8,13H2,1-2H3. The van der Waals surface area contributed by atoms with Crippen LogP contribution in [-0.4, -0.2) is 14.8 Å². The van der Waals surface area contributed by atoms with Crippen molar-refractivity contribution in [3.05, 3.63) is 35.8 Å². The molecule has 0 aliphatic heterocycles. The highest BCUT2D eigenvalue weighted by molar-refractivity contribution is 5.64. The van der Waals surface area contributed by atoms with Crippen molar-refractivity contribution in [3.63, 3.8) is 0 Å². The Morgan fingerprint density at radius 2 is 2.29 bits per heavy atom. The van der Waals surface area contributed by atoms with Gasteiger partial charge in [0.2, 0.25) is 0 Å². The second-order valence-electron chi connectivity index (χ2n) is 3.88. The lowest BCUT2D eigenvalue weighted by Gasteiger charge is -2.08. The molecule has 5 nitrogen and oxygen atoms in total. The largest absolute Gasteiger partial charge is 0.394 e. The van der Waals surface area contributed by atoms with Gasteiger partial charge in [0, 0.05) is 25.5 Å². The molecule has 5 heteroatoms. The van der Waals surface area contributed by atoms with Gasteiger partial charge in [0.05, 0.1) is 11.4 Å². The molecule has 2 aromatic rings. The van der Waals surface area contributed by atoms with E-state index in [1.165, 1.54) is 0 Å². The lowest BCUT2D eigenvalue weighted by Crippen LogP contribution is -2.08. The number of nitrogens with two attached hydrogens (primary N) is 1. The van der Waals surface area contributed by atoms with Gasteiger partial charge in [-0.2, -0.15) is 5.10 Å². The van der Waals surface area contributed by atoms with Crippen molar-refractivity contribution < 1.29 is 0 Å². The minimum absolute atomic E-state index is 0.698. The predicted molar refractivity (Wildman–Crippen MR) is 68.6 cm³/mol. The zero-order valence-corrected chi connectivity index (χ0v) is 10.1. The van der Waals surface area contributed by atoms with Crippen LogP contribution in [0.1, 0.15) is 18.2 Å². The molecule has 2 rings (SSSR count). The maximum absolute atomic E-state index is 5.98.